The van der Waals surface area contributed by atoms with Gasteiger partial charge in [0.05, 0.1) is 167 Å². The number of phosphoric ester groups is 2. The molecule has 816 valence electrons. The average molecular weight is 2120 g/mol. The molecule has 21 atom stereocenters. The van der Waals surface area contributed by atoms with E-state index in [-0.39, 0.29) is 288 Å². The normalized spacial score (nSPS) is 23.6. The first-order valence-electron chi connectivity index (χ1n) is 50.6. The van der Waals surface area contributed by atoms with Crippen LogP contribution in [0.2, 0.25) is 0 Å². The summed E-state index contributed by atoms with van der Waals surface area (Å²) in [5.74, 6) is -0.691. The quantitative estimate of drug-likeness (QED) is 0.0188. The lowest BCUT2D eigenvalue weighted by molar-refractivity contribution is -0.255. The van der Waals surface area contributed by atoms with Gasteiger partial charge >= 0.3 is 59.4 Å². The van der Waals surface area contributed by atoms with E-state index in [2.05, 4.69) is 66.5 Å². The number of nitriles is 2. The van der Waals surface area contributed by atoms with E-state index in [0.29, 0.717) is 84.4 Å². The number of phosphoric acid groups is 2. The van der Waals surface area contributed by atoms with E-state index in [9.17, 15) is 29.0 Å². The third kappa shape index (κ3) is 62.9. The summed E-state index contributed by atoms with van der Waals surface area (Å²) in [6.07, 6.45) is 7.96. The van der Waals surface area contributed by atoms with Crippen LogP contribution >= 0.6 is 41.5 Å². The second-order valence-electron chi connectivity index (χ2n) is 34.4. The molecule has 47 heteroatoms. The maximum atomic E-state index is 15.1. The van der Waals surface area contributed by atoms with Crippen LogP contribution in [0.15, 0.2) is 0 Å². The molecule has 3 fully saturated rings. The van der Waals surface area contributed by atoms with E-state index in [1.54, 1.807) is 6.92 Å². The fourth-order valence-corrected chi connectivity index (χ4v) is 19.8. The molecule has 42 nitrogen and oxygen atoms in total. The largest absolute Gasteiger partial charge is 0.474 e. The standard InChI is InChI=1S/C93H165N6O35P5.CH4O/c1-18-43-106-63-85(65-130-138(104,126-19-2)127-57-32-38-94)64-107-44-37-59-129-139(105,128-58-33-39-95)131-72-93(69-108-45-34-54-120-135(123-60-40-96-15)117-51-29-23-20-26-48-111-90-79(9)73(3)75(5)86(132-90)66-114-82(12)101,70-109-46-35-55-121-136(124-61-41-97-16)118-52-30-24-21-27-49-112-91-80(10)74(4)76(6)87(133-91)67-115-83(13)102)71-110-47-36-56-122-137(125-62-42-98-17)119-53-31-25-22-28-50-113-92-89(99-81(11)100)78(8)77(7)88(134-92)68-116-84(14)103;1-2/h73-80,85-92H,18-37,40-72H2,1-14H3,(H,99,100);2H,1H3/t73-,74-,75+,76+,77+,78-,79?,80?,85?,86?,87?,88?,89?,90+,91+,92+,93?,135?,136?,137?,138?,139?;/m0./s1/i1D;2T. The van der Waals surface area contributed by atoms with Gasteiger partial charge in [0.2, 0.25) is 27.0 Å². The van der Waals surface area contributed by atoms with Crippen molar-refractivity contribution in [3.63, 3.8) is 0 Å². The number of rotatable bonds is 89. The fraction of sp³-hybridized carbons (Fsp3) is 0.904. The van der Waals surface area contributed by atoms with E-state index in [0.717, 1.165) is 51.4 Å². The van der Waals surface area contributed by atoms with Gasteiger partial charge in [-0.1, -0.05) is 101 Å². The van der Waals surface area contributed by atoms with Gasteiger partial charge in [-0.2, -0.15) is 10.5 Å². The average Bonchev–Trinajstić information content (AvgIpc) is 0.802. The van der Waals surface area contributed by atoms with Gasteiger partial charge in [-0.05, 0) is 113 Å². The zero-order valence-corrected chi connectivity index (χ0v) is 90.6. The molecule has 3 aliphatic rings. The highest BCUT2D eigenvalue weighted by molar-refractivity contribution is 7.48. The fourth-order valence-electron chi connectivity index (χ4n) is 14.2. The molecule has 0 radical (unpaired) electrons. The summed E-state index contributed by atoms with van der Waals surface area (Å²) in [7, 11) is -13.0. The molecule has 141 heavy (non-hydrogen) atoms. The number of ether oxygens (including phenoxy) is 14. The van der Waals surface area contributed by atoms with Gasteiger partial charge in [-0.3, -0.25) is 46.3 Å². The Morgan fingerprint density at radius 3 is 1.12 bits per heavy atom. The lowest BCUT2D eigenvalue weighted by Crippen LogP contribution is -2.58. The third-order valence-corrected chi connectivity index (χ3v) is 29.6. The second kappa shape index (κ2) is 84.8. The number of unbranched alkanes of at least 4 members (excludes halogenated alkanes) is 9. The van der Waals surface area contributed by atoms with Crippen molar-refractivity contribution in [1.82, 2.24) is 5.32 Å². The van der Waals surface area contributed by atoms with Gasteiger partial charge in [-0.15, -0.1) is 0 Å². The molecule has 0 spiro atoms. The monoisotopic (exact) mass is 2120 g/mol. The molecule has 0 aromatic rings. The number of carbonyl (C=O) groups excluding carboxylic acids is 4. The van der Waals surface area contributed by atoms with Crippen molar-refractivity contribution in [2.75, 3.05) is 232 Å². The minimum atomic E-state index is -4.59. The smallest absolute Gasteiger partial charge is 0.463 e. The number of carbonyl (C=O) groups is 4. The van der Waals surface area contributed by atoms with E-state index in [4.69, 9.17) is 162 Å². The Balaban J connectivity index is 0.0000227. The zero-order valence-electron chi connectivity index (χ0n) is 88.1. The highest BCUT2D eigenvalue weighted by atomic mass is 31.2. The minimum absolute atomic E-state index is 0.00612. The number of amides is 1. The summed E-state index contributed by atoms with van der Waals surface area (Å²) in [5, 5.41) is 25.2. The van der Waals surface area contributed by atoms with Gasteiger partial charge in [0.1, 0.15) is 39.6 Å². The molecule has 0 saturated carbocycles. The highest BCUT2D eigenvalue weighted by Gasteiger charge is 2.46. The van der Waals surface area contributed by atoms with Crippen LogP contribution in [-0.2, 0) is 162 Å². The van der Waals surface area contributed by atoms with Gasteiger partial charge in [0.15, 0.2) is 18.9 Å². The van der Waals surface area contributed by atoms with Crippen LogP contribution in [0.4, 0.5) is 0 Å². The van der Waals surface area contributed by atoms with Crippen LogP contribution in [0.5, 0.6) is 0 Å². The molecule has 3 heterocycles. The predicted octanol–water partition coefficient (Wildman–Crippen LogP) is 17.2. The Morgan fingerprint density at radius 1 is 0.418 bits per heavy atom. The van der Waals surface area contributed by atoms with Gasteiger partial charge in [0.25, 0.3) is 0 Å². The van der Waals surface area contributed by atoms with Crippen molar-refractivity contribution in [3.05, 3.63) is 34.3 Å². The number of aliphatic hydroxyl groups excluding tert-OH is 1. The number of hydrogen-bond donors (Lipinski definition) is 2. The number of nitrogens with zero attached hydrogens (tertiary/aromatic N) is 5. The molecule has 0 bridgehead atoms. The molecule has 2 N–H and O–H groups in total. The first-order chi connectivity index (χ1) is 69.0. The Bertz CT molecular complexity index is 3470. The molecule has 0 aliphatic carbocycles. The van der Waals surface area contributed by atoms with Crippen LogP contribution in [0, 0.1) is 101 Å². The molecule has 3 aliphatic heterocycles. The van der Waals surface area contributed by atoms with E-state index < -0.39 is 96.4 Å². The maximum absolute atomic E-state index is 15.1. The molecule has 3 saturated heterocycles. The zero-order chi connectivity index (χ0) is 105. The number of nitrogens with one attached hydrogen (secondary N) is 1. The van der Waals surface area contributed by atoms with Gasteiger partial charge in [0, 0.05) is 107 Å². The summed E-state index contributed by atoms with van der Waals surface area (Å²) in [4.78, 5) is 57.5. The van der Waals surface area contributed by atoms with E-state index in [1.165, 1.54) is 34.8 Å². The minimum Gasteiger partial charge on any atom is -0.463 e. The number of hydrogen-bond acceptors (Lipinski definition) is 38. The van der Waals surface area contributed by atoms with Crippen LogP contribution < -0.4 is 5.32 Å². The Kier molecular flexibility index (Phi) is 77.7. The maximum Gasteiger partial charge on any atom is 0.474 e. The molecule has 0 aromatic carbocycles. The van der Waals surface area contributed by atoms with Crippen molar-refractivity contribution < 1.29 is 169 Å². The van der Waals surface area contributed by atoms with Crippen LogP contribution in [0.3, 0.4) is 0 Å². The lowest BCUT2D eigenvalue weighted by atomic mass is 9.79. The van der Waals surface area contributed by atoms with E-state index in [1.807, 2.05) is 26.0 Å². The SMILES string of the molecule is [2H]CCCOCC(COCCCOP(=O)(OCCC#N)OCC(COCCCOP(OCCCCCCO[C@@H]1OC(COC(C)=O)[C@H](C)[C@H](C)C1C)OCC[N+]#[C-])(COCCCOP(OCCCCCCO[C@@H]1OC(COC(C)=O)[C@H](C)[C@H](C)C1C)OCC[N+]#[C-])COCCCOP(OCCCCCCO[C@@H]1OC(COC(C)=O)[C@H](C)[C@H](C)C1NC(C)=O)OCC[N+]#[C-])COP(=O)(OCC)OCCC#N.[3H]OC. The van der Waals surface area contributed by atoms with Crippen molar-refractivity contribution in [1.29, 1.82) is 12.0 Å². The topological polar surface area (TPSA) is 463 Å². The Hall–Kier alpha value is -4.00. The number of aliphatic hydroxyl groups is 1. The lowest BCUT2D eigenvalue weighted by Gasteiger charge is -2.44. The second-order valence-corrected chi connectivity index (χ2v) is 41.4. The van der Waals surface area contributed by atoms with Crippen LogP contribution in [-0.4, -0.2) is 305 Å². The van der Waals surface area contributed by atoms with Crippen LogP contribution in [0.25, 0.3) is 14.5 Å². The first-order valence-corrected chi connectivity index (χ1v) is 55.7. The molecular formula is C94H169N6O36P5. The highest BCUT2D eigenvalue weighted by Crippen LogP contribution is 2.52. The predicted molar refractivity (Wildman–Crippen MR) is 523 cm³/mol. The third-order valence-electron chi connectivity index (χ3n) is 23.0. The summed E-state index contributed by atoms with van der Waals surface area (Å²) in [5.41, 5.74) is -1.31. The molecule has 3 rings (SSSR count). The molecule has 0 aromatic heterocycles. The Labute approximate surface area is 846 Å². The summed E-state index contributed by atoms with van der Waals surface area (Å²) in [6.45, 7) is 48.7. The van der Waals surface area contributed by atoms with Crippen molar-refractivity contribution in [2.45, 2.75) is 262 Å². The Morgan fingerprint density at radius 2 is 0.752 bits per heavy atom. The summed E-state index contributed by atoms with van der Waals surface area (Å²) >= 11 is 0. The summed E-state index contributed by atoms with van der Waals surface area (Å²) in [6, 6.07) is 3.52. The molecule has 12 unspecified atom stereocenters. The van der Waals surface area contributed by atoms with Gasteiger partial charge < -0.3 is 132 Å². The van der Waals surface area contributed by atoms with E-state index >= 15 is 4.57 Å². The first kappa shape index (κ1) is 129. The van der Waals surface area contributed by atoms with Crippen molar-refractivity contribution >= 4 is 65.3 Å². The van der Waals surface area contributed by atoms with Crippen molar-refractivity contribution in [2.24, 2.45) is 58.7 Å². The molecule has 1 amide bonds. The van der Waals surface area contributed by atoms with Gasteiger partial charge in [-0.25, -0.2) is 28.8 Å². The van der Waals surface area contributed by atoms with Crippen LogP contribution in [0.1, 0.15) is 220 Å². The summed E-state index contributed by atoms with van der Waals surface area (Å²) < 4.78 is 216. The molecular weight excluding hydrogens is 1940 g/mol. The number of esters is 3. The van der Waals surface area contributed by atoms with Crippen molar-refractivity contribution in [3.8, 4) is 12.1 Å².